The summed E-state index contributed by atoms with van der Waals surface area (Å²) in [5, 5.41) is 11.1. The molecule has 4 saturated heterocycles. The predicted octanol–water partition coefficient (Wildman–Crippen LogP) is 4.23. The molecular weight excluding hydrogens is 763 g/mol. The molecule has 1 aliphatic carbocycles. The zero-order chi connectivity index (χ0) is 41.1. The number of hydrogen-bond donors (Lipinski definition) is 2. The van der Waals surface area contributed by atoms with Crippen LogP contribution in [-0.2, 0) is 14.4 Å². The lowest BCUT2D eigenvalue weighted by molar-refractivity contribution is -0.138. The summed E-state index contributed by atoms with van der Waals surface area (Å²) in [5.74, 6) is 0.666. The number of H-pyrrole nitrogens is 1. The van der Waals surface area contributed by atoms with Gasteiger partial charge in [0.25, 0.3) is 11.8 Å². The largest absolute Gasteiger partial charge is 0.488 e. The summed E-state index contributed by atoms with van der Waals surface area (Å²) >= 11 is 0. The predicted molar refractivity (Wildman–Crippen MR) is 224 cm³/mol. The minimum absolute atomic E-state index is 0.0317. The molecule has 5 aliphatic heterocycles. The van der Waals surface area contributed by atoms with E-state index in [-0.39, 0.29) is 30.3 Å². The highest BCUT2D eigenvalue weighted by molar-refractivity contribution is 6.23. The summed E-state index contributed by atoms with van der Waals surface area (Å²) in [6, 6.07) is 14.6. The van der Waals surface area contributed by atoms with Crippen LogP contribution >= 0.6 is 0 Å². The van der Waals surface area contributed by atoms with Crippen molar-refractivity contribution in [3.63, 3.8) is 0 Å². The number of imide groups is 2. The van der Waals surface area contributed by atoms with Gasteiger partial charge in [-0.25, -0.2) is 4.98 Å². The Bertz CT molecular complexity index is 2370. The number of benzene rings is 2. The molecule has 0 bridgehead atoms. The maximum Gasteiger partial charge on any atom is 0.262 e. The number of piperazine rings is 1. The first kappa shape index (κ1) is 38.4. The van der Waals surface area contributed by atoms with Gasteiger partial charge in [-0.15, -0.1) is 0 Å². The van der Waals surface area contributed by atoms with Gasteiger partial charge in [0.2, 0.25) is 17.7 Å². The number of piperidine rings is 3. The topological polar surface area (TPSA) is 164 Å². The van der Waals surface area contributed by atoms with Gasteiger partial charge in [-0.1, -0.05) is 0 Å². The van der Waals surface area contributed by atoms with Crippen LogP contribution in [0.1, 0.15) is 79.0 Å². The number of ether oxygens (including phenoxy) is 1. The van der Waals surface area contributed by atoms with E-state index in [2.05, 4.69) is 54.2 Å². The van der Waals surface area contributed by atoms with Crippen molar-refractivity contribution in [2.24, 2.45) is 11.8 Å². The van der Waals surface area contributed by atoms with Crippen molar-refractivity contribution >= 4 is 51.9 Å². The third kappa shape index (κ3) is 7.37. The smallest absolute Gasteiger partial charge is 0.262 e. The fraction of sp³-hybridized carbons (Fsp3) is 0.489. The number of carbonyl (C=O) groups excluding carboxylic acids is 5. The van der Waals surface area contributed by atoms with E-state index in [4.69, 9.17) is 9.72 Å². The highest BCUT2D eigenvalue weighted by atomic mass is 16.5. The zero-order valence-electron chi connectivity index (χ0n) is 34.0. The number of hydrogen-bond acceptors (Lipinski definition) is 11. The second kappa shape index (κ2) is 15.3. The van der Waals surface area contributed by atoms with Crippen molar-refractivity contribution in [3.05, 3.63) is 65.9 Å². The van der Waals surface area contributed by atoms with Crippen LogP contribution in [0.3, 0.4) is 0 Å². The van der Waals surface area contributed by atoms with Gasteiger partial charge >= 0.3 is 0 Å². The third-order valence-electron chi connectivity index (χ3n) is 13.6. The van der Waals surface area contributed by atoms with Crippen LogP contribution < -0.4 is 19.9 Å². The fourth-order valence-corrected chi connectivity index (χ4v) is 9.74. The summed E-state index contributed by atoms with van der Waals surface area (Å²) in [6.45, 7) is 9.68. The molecule has 15 heteroatoms. The molecule has 2 N–H and O–H groups in total. The lowest BCUT2D eigenvalue weighted by Crippen LogP contribution is -2.54. The highest BCUT2D eigenvalue weighted by Crippen LogP contribution is 2.41. The van der Waals surface area contributed by atoms with Gasteiger partial charge in [-0.2, -0.15) is 5.10 Å². The molecule has 60 heavy (non-hydrogen) atoms. The fourth-order valence-electron chi connectivity index (χ4n) is 9.74. The van der Waals surface area contributed by atoms with E-state index >= 15 is 0 Å². The normalized spacial score (nSPS) is 22.7. The Kier molecular flexibility index (Phi) is 9.80. The van der Waals surface area contributed by atoms with Crippen LogP contribution in [0.4, 0.5) is 11.5 Å². The Morgan fingerprint density at radius 3 is 2.33 bits per heavy atom. The SMILES string of the molecule is CC1(Oc2ccc3[nH]nc(-c4ccnc(N5CCC(C(=O)N6CCC(CN7CCN(c8ccc9c(c8)C(=O)N(C8CCC(=O)NC8=O)C9=O)CC7)CC6)CC5)c4)c3c2)CC1. The van der Waals surface area contributed by atoms with Crippen LogP contribution in [-0.4, -0.2) is 130 Å². The van der Waals surface area contributed by atoms with Gasteiger partial charge in [0, 0.05) is 94.1 Å². The van der Waals surface area contributed by atoms with E-state index in [1.54, 1.807) is 12.1 Å². The lowest BCUT2D eigenvalue weighted by Gasteiger charge is -2.40. The molecule has 10 rings (SSSR count). The molecule has 5 fully saturated rings. The molecular formula is C45H51N9O6. The quantitative estimate of drug-likeness (QED) is 0.233. The number of likely N-dealkylation sites (tertiary alicyclic amines) is 1. The van der Waals surface area contributed by atoms with Crippen molar-refractivity contribution in [1.82, 2.24) is 35.2 Å². The molecule has 1 saturated carbocycles. The van der Waals surface area contributed by atoms with E-state index in [1.807, 2.05) is 30.5 Å². The maximum atomic E-state index is 13.7. The number of nitrogens with zero attached hydrogens (tertiary/aromatic N) is 7. The third-order valence-corrected chi connectivity index (χ3v) is 13.6. The monoisotopic (exact) mass is 813 g/mol. The van der Waals surface area contributed by atoms with Gasteiger partial charge in [0.05, 0.1) is 16.6 Å². The number of anilines is 2. The number of pyridine rings is 1. The first-order valence-corrected chi connectivity index (χ1v) is 21.6. The average molecular weight is 814 g/mol. The van der Waals surface area contributed by atoms with Crippen LogP contribution in [0.15, 0.2) is 54.7 Å². The lowest BCUT2D eigenvalue weighted by atomic mass is 9.91. The molecule has 6 aliphatic rings. The molecule has 2 aromatic carbocycles. The molecule has 1 unspecified atom stereocenters. The number of rotatable bonds is 9. The molecule has 0 spiro atoms. The van der Waals surface area contributed by atoms with E-state index in [0.717, 1.165) is 142 Å². The summed E-state index contributed by atoms with van der Waals surface area (Å²) in [7, 11) is 0. The van der Waals surface area contributed by atoms with Crippen LogP contribution in [0.25, 0.3) is 22.2 Å². The van der Waals surface area contributed by atoms with Gasteiger partial charge in [-0.3, -0.25) is 44.2 Å². The highest BCUT2D eigenvalue weighted by Gasteiger charge is 2.45. The first-order chi connectivity index (χ1) is 29.1. The second-order valence-electron chi connectivity index (χ2n) is 17.7. The van der Waals surface area contributed by atoms with Crippen LogP contribution in [0, 0.1) is 11.8 Å². The first-order valence-electron chi connectivity index (χ1n) is 21.6. The van der Waals surface area contributed by atoms with Crippen LogP contribution in [0.5, 0.6) is 5.75 Å². The van der Waals surface area contributed by atoms with Gasteiger partial charge < -0.3 is 19.4 Å². The van der Waals surface area contributed by atoms with Crippen molar-refractivity contribution in [3.8, 4) is 17.0 Å². The summed E-state index contributed by atoms with van der Waals surface area (Å²) in [5.41, 5.74) is 4.28. The summed E-state index contributed by atoms with van der Waals surface area (Å²) in [6.07, 6.45) is 7.86. The Balaban J connectivity index is 0.679. The minimum Gasteiger partial charge on any atom is -0.488 e. The van der Waals surface area contributed by atoms with E-state index in [0.29, 0.717) is 23.0 Å². The number of fused-ring (bicyclic) bond motifs is 2. The number of nitrogens with one attached hydrogen (secondary N) is 2. The average Bonchev–Trinajstić information content (AvgIpc) is 3.75. The molecule has 0 radical (unpaired) electrons. The van der Waals surface area contributed by atoms with Crippen molar-refractivity contribution in [2.75, 3.05) is 68.7 Å². The van der Waals surface area contributed by atoms with Crippen molar-refractivity contribution < 1.29 is 28.7 Å². The summed E-state index contributed by atoms with van der Waals surface area (Å²) in [4.78, 5) is 79.2. The Morgan fingerprint density at radius 1 is 0.817 bits per heavy atom. The zero-order valence-corrected chi connectivity index (χ0v) is 34.0. The van der Waals surface area contributed by atoms with Gasteiger partial charge in [-0.05, 0) is 106 Å². The number of aromatic amines is 1. The molecule has 4 aromatic rings. The molecule has 7 heterocycles. The Labute approximate surface area is 348 Å². The Hall–Kier alpha value is -5.83. The molecule has 312 valence electrons. The number of amides is 5. The second-order valence-corrected chi connectivity index (χ2v) is 17.7. The van der Waals surface area contributed by atoms with Crippen molar-refractivity contribution in [2.45, 2.75) is 69.9 Å². The number of aromatic nitrogens is 3. The summed E-state index contributed by atoms with van der Waals surface area (Å²) < 4.78 is 6.23. The van der Waals surface area contributed by atoms with E-state index in [1.165, 1.54) is 0 Å². The number of carbonyl (C=O) groups is 5. The maximum absolute atomic E-state index is 13.7. The standard InChI is InChI=1S/C45H51N9O6/c1-45(13-14-45)60-32-3-5-36-35(26-32)40(49-48-36)30-8-15-46-38(24-30)52-18-11-29(12-19-52)42(57)53-16-9-28(10-17-53)27-50-20-22-51(23-21-50)31-2-4-33-34(25-31)44(59)54(43(33)58)37-6-7-39(55)47-41(37)56/h2-5,8,15,24-26,28-29,37H,6-7,9-14,16-23,27H2,1H3,(H,48,49)(H,47,55,56). The van der Waals surface area contributed by atoms with Crippen molar-refractivity contribution in [1.29, 1.82) is 0 Å². The van der Waals surface area contributed by atoms with E-state index < -0.39 is 23.8 Å². The molecule has 1 atom stereocenters. The minimum atomic E-state index is -0.973. The Morgan fingerprint density at radius 2 is 1.58 bits per heavy atom. The molecule has 5 amide bonds. The van der Waals surface area contributed by atoms with E-state index in [9.17, 15) is 24.0 Å². The van der Waals surface area contributed by atoms with Gasteiger partial charge in [0.15, 0.2) is 0 Å². The molecule has 15 nitrogen and oxygen atoms in total. The van der Waals surface area contributed by atoms with Crippen LogP contribution in [0.2, 0.25) is 0 Å². The molecule has 2 aromatic heterocycles. The van der Waals surface area contributed by atoms with Gasteiger partial charge in [0.1, 0.15) is 28.9 Å².